The summed E-state index contributed by atoms with van der Waals surface area (Å²) in [6, 6.07) is 33.1. The highest BCUT2D eigenvalue weighted by molar-refractivity contribution is 5.83. The minimum absolute atomic E-state index is 0.0683. The molecule has 0 aromatic heterocycles. The molecule has 4 aromatic rings. The summed E-state index contributed by atoms with van der Waals surface area (Å²) >= 11 is 0. The molecule has 0 aliphatic carbocycles. The van der Waals surface area contributed by atoms with Crippen LogP contribution >= 0.6 is 0 Å². The first-order valence-corrected chi connectivity index (χ1v) is 12.6. The summed E-state index contributed by atoms with van der Waals surface area (Å²) in [6.45, 7) is 8.43. The highest BCUT2D eigenvalue weighted by Crippen LogP contribution is 2.39. The normalized spacial score (nSPS) is 12.2. The van der Waals surface area contributed by atoms with E-state index in [-0.39, 0.29) is 23.2 Å². The molecule has 4 aromatic carbocycles. The first kappa shape index (κ1) is 26.0. The van der Waals surface area contributed by atoms with Crippen molar-refractivity contribution in [3.63, 3.8) is 0 Å². The van der Waals surface area contributed by atoms with Crippen molar-refractivity contribution in [1.82, 2.24) is 0 Å². The number of rotatable bonds is 9. The van der Waals surface area contributed by atoms with Gasteiger partial charge in [-0.25, -0.2) is 0 Å². The number of esters is 1. The summed E-state index contributed by atoms with van der Waals surface area (Å²) < 4.78 is 11.5. The Morgan fingerprint density at radius 3 is 2.03 bits per heavy atom. The highest BCUT2D eigenvalue weighted by atomic mass is 16.5. The van der Waals surface area contributed by atoms with Crippen LogP contribution in [0.4, 0.5) is 0 Å². The monoisotopic (exact) mass is 494 g/mol. The van der Waals surface area contributed by atoms with E-state index in [9.17, 15) is 9.90 Å². The van der Waals surface area contributed by atoms with Crippen LogP contribution in [-0.4, -0.2) is 17.2 Å². The molecule has 0 saturated carbocycles. The quantitative estimate of drug-likeness (QED) is 0.247. The molecule has 37 heavy (non-hydrogen) atoms. The van der Waals surface area contributed by atoms with Gasteiger partial charge in [0.25, 0.3) is 0 Å². The molecule has 0 saturated heterocycles. The third-order valence-corrected chi connectivity index (χ3v) is 6.61. The number of carbonyl (C=O) groups excluding carboxylic acids is 1. The van der Waals surface area contributed by atoms with Crippen molar-refractivity contribution in [2.45, 2.75) is 51.7 Å². The molecule has 0 amide bonds. The summed E-state index contributed by atoms with van der Waals surface area (Å²) in [7, 11) is 0. The molecule has 0 aliphatic rings. The lowest BCUT2D eigenvalue weighted by Gasteiger charge is -2.28. The molecule has 0 bridgehead atoms. The average molecular weight is 495 g/mol. The predicted molar refractivity (Wildman–Crippen MR) is 147 cm³/mol. The zero-order valence-electron chi connectivity index (χ0n) is 21.8. The lowest BCUT2D eigenvalue weighted by atomic mass is 9.76. The van der Waals surface area contributed by atoms with Crippen LogP contribution in [0.2, 0.25) is 0 Å². The van der Waals surface area contributed by atoms with E-state index in [1.54, 1.807) is 6.07 Å². The van der Waals surface area contributed by atoms with Crippen LogP contribution in [0.25, 0.3) is 0 Å². The summed E-state index contributed by atoms with van der Waals surface area (Å²) in [5.74, 6) is -0.242. The van der Waals surface area contributed by atoms with E-state index in [1.165, 1.54) is 0 Å². The second kappa shape index (κ2) is 11.3. The van der Waals surface area contributed by atoms with Crippen LogP contribution in [0, 0.1) is 0 Å². The summed E-state index contributed by atoms with van der Waals surface area (Å²) in [4.78, 5) is 13.2. The third kappa shape index (κ3) is 6.21. The average Bonchev–Trinajstić information content (AvgIpc) is 2.89. The van der Waals surface area contributed by atoms with Crippen LogP contribution in [0.1, 0.15) is 61.4 Å². The number of carbonyl (C=O) groups is 1. The van der Waals surface area contributed by atoms with E-state index < -0.39 is 5.92 Å². The Morgan fingerprint density at radius 2 is 1.41 bits per heavy atom. The van der Waals surface area contributed by atoms with E-state index in [0.29, 0.717) is 12.2 Å². The van der Waals surface area contributed by atoms with Gasteiger partial charge in [-0.1, -0.05) is 98.8 Å². The molecule has 4 heteroatoms. The van der Waals surface area contributed by atoms with Gasteiger partial charge in [0.1, 0.15) is 24.0 Å². The predicted octanol–water partition coefficient (Wildman–Crippen LogP) is 7.38. The molecule has 4 rings (SSSR count). The van der Waals surface area contributed by atoms with Crippen LogP contribution in [0.15, 0.2) is 103 Å². The molecular formula is C33H34O4. The maximum absolute atomic E-state index is 13.2. The fourth-order valence-corrected chi connectivity index (χ4v) is 4.44. The van der Waals surface area contributed by atoms with Gasteiger partial charge in [0.15, 0.2) is 0 Å². The van der Waals surface area contributed by atoms with Crippen LogP contribution in [0.5, 0.6) is 11.5 Å². The first-order chi connectivity index (χ1) is 17.8. The fourth-order valence-electron chi connectivity index (χ4n) is 4.44. The van der Waals surface area contributed by atoms with Gasteiger partial charge in [0.2, 0.25) is 0 Å². The summed E-state index contributed by atoms with van der Waals surface area (Å²) in [6.07, 6.45) is -0.261. The Morgan fingerprint density at radius 1 is 0.811 bits per heavy atom. The Balaban J connectivity index is 1.63. The minimum Gasteiger partial charge on any atom is -0.508 e. The van der Waals surface area contributed by atoms with Crippen molar-refractivity contribution < 1.29 is 19.4 Å². The Hall–Kier alpha value is -4.05. The van der Waals surface area contributed by atoms with Crippen molar-refractivity contribution in [2.75, 3.05) is 0 Å². The number of ether oxygens (including phenoxy) is 2. The van der Waals surface area contributed by atoms with Gasteiger partial charge in [-0.05, 0) is 54.3 Å². The van der Waals surface area contributed by atoms with Gasteiger partial charge in [0.05, 0.1) is 6.10 Å². The second-order valence-corrected chi connectivity index (χ2v) is 10.0. The Bertz CT molecular complexity index is 1310. The molecule has 1 unspecified atom stereocenters. The van der Waals surface area contributed by atoms with Crippen molar-refractivity contribution in [2.24, 2.45) is 0 Å². The van der Waals surface area contributed by atoms with Crippen LogP contribution < -0.4 is 4.74 Å². The van der Waals surface area contributed by atoms with Crippen molar-refractivity contribution in [3.8, 4) is 11.5 Å². The van der Waals surface area contributed by atoms with E-state index in [0.717, 1.165) is 28.0 Å². The lowest BCUT2D eigenvalue weighted by Crippen LogP contribution is -2.23. The molecule has 1 atom stereocenters. The molecule has 0 radical (unpaired) electrons. The lowest BCUT2D eigenvalue weighted by molar-refractivity contribution is -0.148. The van der Waals surface area contributed by atoms with Gasteiger partial charge in [-0.3, -0.25) is 4.79 Å². The fraction of sp³-hybridized carbons (Fsp3) is 0.242. The van der Waals surface area contributed by atoms with E-state index in [4.69, 9.17) is 9.47 Å². The van der Waals surface area contributed by atoms with Gasteiger partial charge < -0.3 is 14.6 Å². The number of hydrogen-bond donors (Lipinski definition) is 1. The van der Waals surface area contributed by atoms with Crippen LogP contribution in [0.3, 0.4) is 0 Å². The van der Waals surface area contributed by atoms with Gasteiger partial charge >= 0.3 is 5.97 Å². The zero-order valence-corrected chi connectivity index (χ0v) is 21.8. The Kier molecular flexibility index (Phi) is 7.98. The van der Waals surface area contributed by atoms with Crippen molar-refractivity contribution >= 4 is 5.97 Å². The Labute approximate surface area is 219 Å². The van der Waals surface area contributed by atoms with Gasteiger partial charge in [-0.2, -0.15) is 0 Å². The molecule has 190 valence electrons. The summed E-state index contributed by atoms with van der Waals surface area (Å²) in [5.41, 5.74) is 4.12. The third-order valence-electron chi connectivity index (χ3n) is 6.61. The maximum atomic E-state index is 13.2. The van der Waals surface area contributed by atoms with Gasteiger partial charge in [0, 0.05) is 11.0 Å². The minimum atomic E-state index is -0.729. The standard InChI is InChI=1S/C33H34O4/c1-23(2)37-32(35)31(25-13-9-6-10-14-25)29-21-27(17-20-30(29)34)33(3,4)26-15-18-28(19-16-26)36-22-24-11-7-5-8-12-24/h5-21,23,31,34H,22H2,1-4H3. The molecule has 0 aliphatic heterocycles. The maximum Gasteiger partial charge on any atom is 0.318 e. The molecule has 0 spiro atoms. The van der Waals surface area contributed by atoms with Crippen molar-refractivity contribution in [1.29, 1.82) is 0 Å². The molecule has 1 N–H and O–H groups in total. The van der Waals surface area contributed by atoms with E-state index in [1.807, 2.05) is 98.8 Å². The SMILES string of the molecule is CC(C)OC(=O)C(c1ccccc1)c1cc(C(C)(C)c2ccc(OCc3ccccc3)cc2)ccc1O. The van der Waals surface area contributed by atoms with E-state index in [2.05, 4.69) is 26.0 Å². The molecule has 0 heterocycles. The highest BCUT2D eigenvalue weighted by Gasteiger charge is 2.31. The molecular weight excluding hydrogens is 460 g/mol. The smallest absolute Gasteiger partial charge is 0.318 e. The van der Waals surface area contributed by atoms with E-state index >= 15 is 0 Å². The number of aromatic hydroxyl groups is 1. The zero-order chi connectivity index (χ0) is 26.4. The summed E-state index contributed by atoms with van der Waals surface area (Å²) in [5, 5.41) is 10.9. The first-order valence-electron chi connectivity index (χ1n) is 12.6. The van der Waals surface area contributed by atoms with Crippen LogP contribution in [-0.2, 0) is 21.6 Å². The largest absolute Gasteiger partial charge is 0.508 e. The second-order valence-electron chi connectivity index (χ2n) is 10.0. The number of phenolic OH excluding ortho intramolecular Hbond substituents is 1. The number of benzene rings is 4. The molecule has 4 nitrogen and oxygen atoms in total. The topological polar surface area (TPSA) is 55.8 Å². The number of hydrogen-bond acceptors (Lipinski definition) is 4. The van der Waals surface area contributed by atoms with Crippen molar-refractivity contribution in [3.05, 3.63) is 131 Å². The number of phenols is 1. The molecule has 0 fully saturated rings. The van der Waals surface area contributed by atoms with Gasteiger partial charge in [-0.15, -0.1) is 0 Å².